The number of nitrogens with zero attached hydrogens (tertiary/aromatic N) is 7. The predicted molar refractivity (Wildman–Crippen MR) is 108 cm³/mol. The Morgan fingerprint density at radius 1 is 1.23 bits per heavy atom. The summed E-state index contributed by atoms with van der Waals surface area (Å²) in [6.07, 6.45) is 11.9. The summed E-state index contributed by atoms with van der Waals surface area (Å²) in [4.78, 5) is 21.8. The number of benzene rings is 1. The maximum atomic E-state index is 13.3. The number of hydrogen-bond donors (Lipinski definition) is 0. The molecule has 3 fully saturated rings. The number of carbonyl (C=O) groups is 1. The third kappa shape index (κ3) is 2.35. The number of aromatic nitrogens is 4. The van der Waals surface area contributed by atoms with Crippen LogP contribution >= 0.6 is 0 Å². The molecule has 0 saturated heterocycles. The van der Waals surface area contributed by atoms with Gasteiger partial charge in [-0.3, -0.25) is 19.4 Å². The Labute approximate surface area is 172 Å². The fourth-order valence-electron chi connectivity index (χ4n) is 5.57. The summed E-state index contributed by atoms with van der Waals surface area (Å²) in [5.74, 6) is 0.109. The molecular formula is C22H19N7O. The molecule has 1 atom stereocenters. The molecule has 0 spiro atoms. The van der Waals surface area contributed by atoms with E-state index in [-0.39, 0.29) is 22.8 Å². The molecule has 4 aliphatic rings. The Bertz CT molecular complexity index is 1220. The van der Waals surface area contributed by atoms with Gasteiger partial charge in [0.1, 0.15) is 6.04 Å². The van der Waals surface area contributed by atoms with Crippen LogP contribution in [0.25, 0.3) is 10.9 Å². The van der Waals surface area contributed by atoms with Crippen LogP contribution in [0.5, 0.6) is 0 Å². The molecule has 1 aliphatic heterocycles. The fraction of sp³-hybridized carbons (Fsp3) is 0.364. The van der Waals surface area contributed by atoms with Crippen LogP contribution in [0.4, 0.5) is 0 Å². The van der Waals surface area contributed by atoms with E-state index in [0.717, 1.165) is 42.4 Å². The molecule has 8 heteroatoms. The molecule has 3 aliphatic carbocycles. The monoisotopic (exact) mass is 397 g/mol. The van der Waals surface area contributed by atoms with Crippen LogP contribution in [0.3, 0.4) is 0 Å². The third-order valence-corrected chi connectivity index (χ3v) is 6.81. The highest BCUT2D eigenvalue weighted by molar-refractivity contribution is 5.88. The van der Waals surface area contributed by atoms with Crippen molar-refractivity contribution >= 4 is 23.0 Å². The second-order valence-corrected chi connectivity index (χ2v) is 8.83. The van der Waals surface area contributed by atoms with Gasteiger partial charge in [0.25, 0.3) is 0 Å². The molecule has 3 heterocycles. The van der Waals surface area contributed by atoms with Gasteiger partial charge in [-0.25, -0.2) is 5.01 Å². The highest BCUT2D eigenvalue weighted by Crippen LogP contribution is 2.74. The summed E-state index contributed by atoms with van der Waals surface area (Å²) >= 11 is 0. The average molecular weight is 397 g/mol. The third-order valence-electron chi connectivity index (χ3n) is 6.81. The van der Waals surface area contributed by atoms with Gasteiger partial charge < -0.3 is 0 Å². The van der Waals surface area contributed by atoms with E-state index in [1.807, 2.05) is 29.1 Å². The average Bonchev–Trinajstić information content (AvgIpc) is 3.36. The first-order valence-electron chi connectivity index (χ1n) is 10.1. The summed E-state index contributed by atoms with van der Waals surface area (Å²) in [7, 11) is 0. The van der Waals surface area contributed by atoms with E-state index < -0.39 is 0 Å². The number of rotatable bonds is 4. The topological polar surface area (TPSA) is 100 Å². The van der Waals surface area contributed by atoms with Crippen LogP contribution < -0.4 is 0 Å². The highest BCUT2D eigenvalue weighted by atomic mass is 16.2. The maximum absolute atomic E-state index is 13.3. The van der Waals surface area contributed by atoms with Crippen LogP contribution in [-0.4, -0.2) is 36.9 Å². The van der Waals surface area contributed by atoms with Crippen LogP contribution in [0.1, 0.15) is 43.0 Å². The Balaban J connectivity index is 1.17. The van der Waals surface area contributed by atoms with Crippen LogP contribution in [-0.2, 0) is 11.3 Å². The molecule has 30 heavy (non-hydrogen) atoms. The molecule has 2 aromatic heterocycles. The van der Waals surface area contributed by atoms with Crippen molar-refractivity contribution < 1.29 is 4.79 Å². The zero-order chi connectivity index (χ0) is 20.3. The zero-order valence-electron chi connectivity index (χ0n) is 16.3. The van der Waals surface area contributed by atoms with E-state index in [1.165, 1.54) is 0 Å². The van der Waals surface area contributed by atoms with Crippen molar-refractivity contribution in [1.82, 2.24) is 24.8 Å². The first-order chi connectivity index (χ1) is 14.6. The molecular weight excluding hydrogens is 378 g/mol. The lowest BCUT2D eigenvalue weighted by atomic mass is 9.34. The quantitative estimate of drug-likeness (QED) is 0.674. The first kappa shape index (κ1) is 17.3. The van der Waals surface area contributed by atoms with Crippen molar-refractivity contribution in [3.63, 3.8) is 0 Å². The molecule has 0 radical (unpaired) electrons. The Morgan fingerprint density at radius 3 is 2.87 bits per heavy atom. The second-order valence-electron chi connectivity index (χ2n) is 8.83. The summed E-state index contributed by atoms with van der Waals surface area (Å²) in [5, 5.41) is 20.6. The van der Waals surface area contributed by atoms with Crippen LogP contribution in [0, 0.1) is 22.2 Å². The SMILES string of the molecule is N#Cc1ccc2c(cnn2CC23CC(C(=O)N4N=CCC4c4cnccn4)(C2)C3)c1. The lowest BCUT2D eigenvalue weighted by molar-refractivity contribution is -0.223. The Morgan fingerprint density at radius 2 is 2.10 bits per heavy atom. The van der Waals surface area contributed by atoms with Gasteiger partial charge in [0, 0.05) is 37.0 Å². The van der Waals surface area contributed by atoms with E-state index in [0.29, 0.717) is 12.0 Å². The van der Waals surface area contributed by atoms with Gasteiger partial charge in [-0.1, -0.05) is 0 Å². The number of fused-ring (bicyclic) bond motifs is 1. The largest absolute Gasteiger partial charge is 0.272 e. The lowest BCUT2D eigenvalue weighted by Crippen LogP contribution is -2.68. The number of carbonyl (C=O) groups excluding carboxylic acids is 1. The molecule has 8 nitrogen and oxygen atoms in total. The fourth-order valence-corrected chi connectivity index (χ4v) is 5.57. The molecule has 1 aromatic carbocycles. The molecule has 3 aromatic rings. The van der Waals surface area contributed by atoms with E-state index in [9.17, 15) is 4.79 Å². The lowest BCUT2D eigenvalue weighted by Gasteiger charge is -2.69. The van der Waals surface area contributed by atoms with Crippen LogP contribution in [0.15, 0.2) is 48.1 Å². The summed E-state index contributed by atoms with van der Waals surface area (Å²) in [6, 6.07) is 7.66. The zero-order valence-corrected chi connectivity index (χ0v) is 16.3. The molecule has 7 rings (SSSR count). The van der Waals surface area contributed by atoms with Gasteiger partial charge in [0.2, 0.25) is 5.91 Å². The maximum Gasteiger partial charge on any atom is 0.249 e. The predicted octanol–water partition coefficient (Wildman–Crippen LogP) is 2.83. The smallest absolute Gasteiger partial charge is 0.249 e. The van der Waals surface area contributed by atoms with Gasteiger partial charge in [-0.2, -0.15) is 15.5 Å². The van der Waals surface area contributed by atoms with Crippen molar-refractivity contribution in [2.24, 2.45) is 15.9 Å². The van der Waals surface area contributed by atoms with E-state index in [2.05, 4.69) is 26.2 Å². The first-order valence-corrected chi connectivity index (χ1v) is 10.1. The normalized spacial score (nSPS) is 28.8. The number of hydrazone groups is 1. The number of amides is 1. The minimum absolute atomic E-state index is 0.109. The minimum Gasteiger partial charge on any atom is -0.272 e. The molecule has 148 valence electrons. The van der Waals surface area contributed by atoms with Gasteiger partial charge in [0.15, 0.2) is 0 Å². The van der Waals surface area contributed by atoms with Gasteiger partial charge in [-0.15, -0.1) is 0 Å². The van der Waals surface area contributed by atoms with Crippen molar-refractivity contribution in [3.05, 3.63) is 54.2 Å². The van der Waals surface area contributed by atoms with Gasteiger partial charge in [0.05, 0.1) is 40.7 Å². The second kappa shape index (κ2) is 5.95. The molecule has 1 unspecified atom stereocenters. The standard InChI is InChI=1S/C22H19N7O/c23-8-15-1-2-18-16(7-15)9-27-28(18)14-21-11-22(12-21,13-21)20(30)29-19(3-4-26-29)17-10-24-5-6-25-17/h1-2,4-7,9-10,19H,3,11-14H2. The Kier molecular flexibility index (Phi) is 3.43. The Hall–Kier alpha value is -3.60. The van der Waals surface area contributed by atoms with E-state index in [4.69, 9.17) is 5.26 Å². The van der Waals surface area contributed by atoms with Crippen molar-refractivity contribution in [3.8, 4) is 6.07 Å². The summed E-state index contributed by atoms with van der Waals surface area (Å²) in [5.41, 5.74) is 2.30. The van der Waals surface area contributed by atoms with Crippen molar-refractivity contribution in [2.75, 3.05) is 0 Å². The molecule has 2 bridgehead atoms. The molecule has 0 N–H and O–H groups in total. The number of nitriles is 1. The minimum atomic E-state index is -0.293. The van der Waals surface area contributed by atoms with Gasteiger partial charge >= 0.3 is 0 Å². The van der Waals surface area contributed by atoms with E-state index >= 15 is 0 Å². The van der Waals surface area contributed by atoms with Crippen LogP contribution in [0.2, 0.25) is 0 Å². The number of hydrogen-bond acceptors (Lipinski definition) is 6. The summed E-state index contributed by atoms with van der Waals surface area (Å²) in [6.45, 7) is 0.800. The highest BCUT2D eigenvalue weighted by Gasteiger charge is 2.72. The van der Waals surface area contributed by atoms with Gasteiger partial charge in [-0.05, 0) is 42.9 Å². The molecule has 1 amide bonds. The van der Waals surface area contributed by atoms with Crippen molar-refractivity contribution in [1.29, 1.82) is 5.26 Å². The molecule has 3 saturated carbocycles. The summed E-state index contributed by atoms with van der Waals surface area (Å²) < 4.78 is 2.01. The van der Waals surface area contributed by atoms with Crippen molar-refractivity contribution in [2.45, 2.75) is 38.3 Å². The van der Waals surface area contributed by atoms with E-state index in [1.54, 1.807) is 29.8 Å².